The Morgan fingerprint density at radius 3 is 1.54 bits per heavy atom. The molecule has 0 spiro atoms. The summed E-state index contributed by atoms with van der Waals surface area (Å²) in [5, 5.41) is 0. The summed E-state index contributed by atoms with van der Waals surface area (Å²) in [6, 6.07) is 1.72. The van der Waals surface area contributed by atoms with Gasteiger partial charge in [-0.05, 0) is 15.9 Å². The van der Waals surface area contributed by atoms with E-state index in [9.17, 15) is 13.2 Å². The van der Waals surface area contributed by atoms with Crippen LogP contribution in [-0.4, -0.2) is 18.7 Å². The summed E-state index contributed by atoms with van der Waals surface area (Å²) >= 11 is 2.13. The van der Waals surface area contributed by atoms with E-state index >= 15 is 0 Å². The molecule has 0 aliphatic carbocycles. The standard InChI is InChI=1S/C8H16BrF3Si/c1-4-13(5-2,6-3)7(10)8(9,11)12/h7H,4-6H2,1-3H3. The molecule has 0 radical (unpaired) electrons. The number of alkyl halides is 4. The number of rotatable bonds is 5. The van der Waals surface area contributed by atoms with Gasteiger partial charge >= 0.3 is 4.83 Å². The molecule has 0 saturated heterocycles. The number of hydrogen-bond acceptors (Lipinski definition) is 0. The van der Waals surface area contributed by atoms with Crippen molar-refractivity contribution >= 4 is 24.0 Å². The largest absolute Gasteiger partial charge is 0.328 e. The van der Waals surface area contributed by atoms with Crippen molar-refractivity contribution < 1.29 is 13.2 Å². The minimum absolute atomic E-state index is 0.572. The zero-order valence-electron chi connectivity index (χ0n) is 8.21. The van der Waals surface area contributed by atoms with Gasteiger partial charge in [0.25, 0.3) is 0 Å². The summed E-state index contributed by atoms with van der Waals surface area (Å²) in [7, 11) is -2.42. The Morgan fingerprint density at radius 1 is 1.15 bits per heavy atom. The highest BCUT2D eigenvalue weighted by Gasteiger charge is 2.50. The number of hydrogen-bond donors (Lipinski definition) is 0. The second-order valence-electron chi connectivity index (χ2n) is 3.33. The molecule has 0 aliphatic heterocycles. The fourth-order valence-corrected chi connectivity index (χ4v) is 6.36. The first-order valence-electron chi connectivity index (χ1n) is 4.54. The zero-order chi connectivity index (χ0) is 10.7. The lowest BCUT2D eigenvalue weighted by Crippen LogP contribution is -2.50. The van der Waals surface area contributed by atoms with Gasteiger partial charge in [-0.15, -0.1) is 0 Å². The summed E-state index contributed by atoms with van der Waals surface area (Å²) in [5.41, 5.74) is 0. The normalized spacial score (nSPS) is 15.9. The maximum atomic E-state index is 13.5. The Labute approximate surface area is 87.0 Å². The first-order chi connectivity index (χ1) is 5.84. The molecule has 0 N–H and O–H groups in total. The van der Waals surface area contributed by atoms with E-state index in [4.69, 9.17) is 0 Å². The van der Waals surface area contributed by atoms with Gasteiger partial charge in [0.2, 0.25) is 0 Å². The van der Waals surface area contributed by atoms with Gasteiger partial charge in [0.1, 0.15) is 8.07 Å². The maximum Gasteiger partial charge on any atom is 0.328 e. The van der Waals surface area contributed by atoms with Crippen molar-refractivity contribution in [2.45, 2.75) is 49.5 Å². The van der Waals surface area contributed by atoms with Crippen molar-refractivity contribution in [3.8, 4) is 0 Å². The van der Waals surface area contributed by atoms with E-state index in [1.54, 1.807) is 0 Å². The molecule has 0 aliphatic rings. The molecular weight excluding hydrogens is 261 g/mol. The van der Waals surface area contributed by atoms with Gasteiger partial charge in [0.05, 0.1) is 0 Å². The third-order valence-electron chi connectivity index (χ3n) is 2.94. The lowest BCUT2D eigenvalue weighted by atomic mass is 10.8. The predicted octanol–water partition coefficient (Wildman–Crippen LogP) is 4.36. The average molecular weight is 277 g/mol. The Kier molecular flexibility index (Phi) is 5.00. The minimum Gasteiger partial charge on any atom is -0.244 e. The lowest BCUT2D eigenvalue weighted by molar-refractivity contribution is 0.0549. The van der Waals surface area contributed by atoms with Crippen LogP contribution < -0.4 is 0 Å². The van der Waals surface area contributed by atoms with Crippen LogP contribution in [0, 0.1) is 0 Å². The van der Waals surface area contributed by atoms with Gasteiger partial charge in [-0.2, -0.15) is 8.78 Å². The van der Waals surface area contributed by atoms with E-state index in [0.29, 0.717) is 18.1 Å². The lowest BCUT2D eigenvalue weighted by Gasteiger charge is -2.33. The second-order valence-corrected chi connectivity index (χ2v) is 9.74. The highest BCUT2D eigenvalue weighted by atomic mass is 79.9. The van der Waals surface area contributed by atoms with Gasteiger partial charge in [-0.3, -0.25) is 0 Å². The molecule has 0 saturated carbocycles. The molecule has 0 aromatic rings. The Balaban J connectivity index is 4.73. The van der Waals surface area contributed by atoms with Crippen LogP contribution in [-0.2, 0) is 0 Å². The molecule has 13 heavy (non-hydrogen) atoms. The predicted molar refractivity (Wildman–Crippen MR) is 56.0 cm³/mol. The van der Waals surface area contributed by atoms with Gasteiger partial charge in [0, 0.05) is 0 Å². The molecule has 0 nitrogen and oxygen atoms in total. The fourth-order valence-electron chi connectivity index (χ4n) is 1.63. The highest BCUT2D eigenvalue weighted by molar-refractivity contribution is 9.10. The van der Waals surface area contributed by atoms with Crippen LogP contribution >= 0.6 is 15.9 Å². The van der Waals surface area contributed by atoms with Crippen LogP contribution in [0.4, 0.5) is 13.2 Å². The van der Waals surface area contributed by atoms with Gasteiger partial charge < -0.3 is 0 Å². The van der Waals surface area contributed by atoms with E-state index < -0.39 is 18.7 Å². The van der Waals surface area contributed by atoms with E-state index in [0.717, 1.165) is 0 Å². The van der Waals surface area contributed by atoms with E-state index in [1.165, 1.54) is 0 Å². The molecule has 0 aromatic carbocycles. The Morgan fingerprint density at radius 2 is 1.46 bits per heavy atom. The molecule has 0 aromatic heterocycles. The molecular formula is C8H16BrF3Si. The van der Waals surface area contributed by atoms with Crippen molar-refractivity contribution in [1.29, 1.82) is 0 Å². The molecule has 1 atom stereocenters. The van der Waals surface area contributed by atoms with Crippen LogP contribution in [0.15, 0.2) is 0 Å². The first kappa shape index (κ1) is 13.5. The van der Waals surface area contributed by atoms with Crippen molar-refractivity contribution in [1.82, 2.24) is 0 Å². The molecule has 0 bridgehead atoms. The second kappa shape index (κ2) is 4.82. The third kappa shape index (κ3) is 2.97. The van der Waals surface area contributed by atoms with Crippen LogP contribution in [0.3, 0.4) is 0 Å². The summed E-state index contributed by atoms with van der Waals surface area (Å²) in [6.07, 6.45) is 0. The molecule has 5 heteroatoms. The SMILES string of the molecule is CC[Si](CC)(CC)C(F)C(F)(F)Br. The zero-order valence-corrected chi connectivity index (χ0v) is 10.8. The molecule has 0 fully saturated rings. The molecule has 0 rings (SSSR count). The van der Waals surface area contributed by atoms with Crippen LogP contribution in [0.25, 0.3) is 0 Å². The molecule has 1 unspecified atom stereocenters. The summed E-state index contributed by atoms with van der Waals surface area (Å²) < 4.78 is 39.0. The molecule has 0 heterocycles. The average Bonchev–Trinajstić information content (AvgIpc) is 2.07. The Hall–Kier alpha value is 0.487. The third-order valence-corrected chi connectivity index (χ3v) is 9.42. The quantitative estimate of drug-likeness (QED) is 0.517. The summed E-state index contributed by atoms with van der Waals surface area (Å²) in [5.74, 6) is -1.97. The fraction of sp³-hybridized carbons (Fsp3) is 1.00. The van der Waals surface area contributed by atoms with Gasteiger partial charge in [0.15, 0.2) is 5.79 Å². The Bertz CT molecular complexity index is 146. The smallest absolute Gasteiger partial charge is 0.244 e. The van der Waals surface area contributed by atoms with Crippen LogP contribution in [0.2, 0.25) is 18.1 Å². The molecule has 80 valence electrons. The van der Waals surface area contributed by atoms with Gasteiger partial charge in [-0.25, -0.2) is 4.39 Å². The van der Waals surface area contributed by atoms with Crippen molar-refractivity contribution in [3.63, 3.8) is 0 Å². The van der Waals surface area contributed by atoms with Crippen molar-refractivity contribution in [2.75, 3.05) is 0 Å². The van der Waals surface area contributed by atoms with Crippen LogP contribution in [0.5, 0.6) is 0 Å². The van der Waals surface area contributed by atoms with Gasteiger partial charge in [-0.1, -0.05) is 38.9 Å². The van der Waals surface area contributed by atoms with E-state index in [1.807, 2.05) is 20.8 Å². The van der Waals surface area contributed by atoms with E-state index in [-0.39, 0.29) is 0 Å². The summed E-state index contributed by atoms with van der Waals surface area (Å²) in [4.78, 5) is -3.35. The van der Waals surface area contributed by atoms with Crippen molar-refractivity contribution in [3.05, 3.63) is 0 Å². The van der Waals surface area contributed by atoms with E-state index in [2.05, 4.69) is 15.9 Å². The first-order valence-corrected chi connectivity index (χ1v) is 8.04. The monoisotopic (exact) mass is 276 g/mol. The maximum absolute atomic E-state index is 13.5. The summed E-state index contributed by atoms with van der Waals surface area (Å²) in [6.45, 7) is 5.43. The minimum atomic E-state index is -3.35. The van der Waals surface area contributed by atoms with Crippen LogP contribution in [0.1, 0.15) is 20.8 Å². The highest BCUT2D eigenvalue weighted by Crippen LogP contribution is 2.39. The topological polar surface area (TPSA) is 0 Å². The molecule has 0 amide bonds. The number of halogens is 4. The van der Waals surface area contributed by atoms with Crippen molar-refractivity contribution in [2.24, 2.45) is 0 Å².